The summed E-state index contributed by atoms with van der Waals surface area (Å²) < 4.78 is 0. The number of fused-ring (bicyclic) bond motifs is 1. The van der Waals surface area contributed by atoms with Crippen LogP contribution in [0, 0.1) is 0 Å². The largest absolute Gasteiger partial charge is 0.371 e. The van der Waals surface area contributed by atoms with Crippen molar-refractivity contribution >= 4 is 28.4 Å². The maximum Gasteiger partial charge on any atom is 0.250 e. The molecular weight excluding hydrogens is 360 g/mol. The topological polar surface area (TPSA) is 60.5 Å². The maximum atomic E-state index is 12.0. The second kappa shape index (κ2) is 11.7. The monoisotopic (exact) mass is 392 g/mol. The van der Waals surface area contributed by atoms with Crippen molar-refractivity contribution < 1.29 is 0 Å². The summed E-state index contributed by atoms with van der Waals surface area (Å²) in [7, 11) is 0. The van der Waals surface area contributed by atoms with Crippen molar-refractivity contribution in [3.63, 3.8) is 0 Å². The molecule has 0 atom stereocenters. The lowest BCUT2D eigenvalue weighted by Crippen LogP contribution is -2.26. The van der Waals surface area contributed by atoms with Gasteiger partial charge in [0.05, 0.1) is 17.6 Å². The molecule has 0 unspecified atom stereocenters. The molecule has 3 rings (SSSR count). The van der Waals surface area contributed by atoms with Crippen molar-refractivity contribution in [3.8, 4) is 0 Å². The van der Waals surface area contributed by atoms with E-state index in [1.165, 1.54) is 5.39 Å². The van der Waals surface area contributed by atoms with Crippen molar-refractivity contribution in [1.82, 2.24) is 4.98 Å². The van der Waals surface area contributed by atoms with E-state index in [0.717, 1.165) is 42.7 Å². The van der Waals surface area contributed by atoms with Gasteiger partial charge >= 0.3 is 0 Å². The molecule has 5 heteroatoms. The highest BCUT2D eigenvalue weighted by Gasteiger charge is 2.06. The fourth-order valence-corrected chi connectivity index (χ4v) is 3.15. The van der Waals surface area contributed by atoms with Crippen molar-refractivity contribution in [3.05, 3.63) is 70.6 Å². The number of rotatable bonds is 8. The number of nitrogens with zero attached hydrogens (tertiary/aromatic N) is 2. The van der Waals surface area contributed by atoms with Crippen LogP contribution < -0.4 is 15.9 Å². The maximum absolute atomic E-state index is 12.0. The molecule has 0 saturated carbocycles. The number of nitrogens with one attached hydrogen (secondary N) is 2. The molecule has 0 amide bonds. The average Bonchev–Trinajstić information content (AvgIpc) is 2.74. The molecule has 0 aliphatic heterocycles. The minimum absolute atomic E-state index is 0.114. The zero-order valence-electron chi connectivity index (χ0n) is 17.9. The zero-order valence-corrected chi connectivity index (χ0v) is 17.9. The Morgan fingerprint density at radius 2 is 1.66 bits per heavy atom. The zero-order chi connectivity index (χ0) is 21.1. The van der Waals surface area contributed by atoms with Gasteiger partial charge in [-0.2, -0.15) is 5.10 Å². The van der Waals surface area contributed by atoms with Crippen molar-refractivity contribution in [2.24, 2.45) is 5.10 Å². The highest BCUT2D eigenvalue weighted by Crippen LogP contribution is 2.19. The van der Waals surface area contributed by atoms with Crippen LogP contribution in [0.25, 0.3) is 10.8 Å². The normalized spacial score (nSPS) is 10.6. The molecule has 2 N–H and O–H groups in total. The molecule has 2 aromatic carbocycles. The number of benzene rings is 2. The summed E-state index contributed by atoms with van der Waals surface area (Å²) in [6.45, 7) is 10.2. The average molecular weight is 393 g/mol. The molecule has 5 nitrogen and oxygen atoms in total. The predicted octanol–water partition coefficient (Wildman–Crippen LogP) is 5.63. The van der Waals surface area contributed by atoms with Crippen LogP contribution in [0.1, 0.15) is 46.2 Å². The van der Waals surface area contributed by atoms with Crippen LogP contribution >= 0.6 is 0 Å². The van der Waals surface area contributed by atoms with Gasteiger partial charge in [-0.25, -0.2) is 0 Å². The Kier molecular flexibility index (Phi) is 8.96. The van der Waals surface area contributed by atoms with Crippen molar-refractivity contribution in [2.45, 2.75) is 40.5 Å². The van der Waals surface area contributed by atoms with Crippen LogP contribution in [-0.2, 0) is 0 Å². The molecular formula is C24H32N4O. The second-order valence-corrected chi connectivity index (χ2v) is 6.58. The van der Waals surface area contributed by atoms with E-state index in [0.29, 0.717) is 5.69 Å². The summed E-state index contributed by atoms with van der Waals surface area (Å²) in [6, 6.07) is 17.9. The SMILES string of the molecule is CC.CCCN(CCC)c1cc(/C=N/Nc2ccc3ccccc3c2)[nH]c(=O)c1. The molecule has 1 heterocycles. The van der Waals surface area contributed by atoms with E-state index >= 15 is 0 Å². The molecule has 0 radical (unpaired) electrons. The summed E-state index contributed by atoms with van der Waals surface area (Å²) in [5, 5.41) is 6.63. The van der Waals surface area contributed by atoms with Crippen LogP contribution in [-0.4, -0.2) is 24.3 Å². The molecule has 0 aliphatic rings. The van der Waals surface area contributed by atoms with Gasteiger partial charge in [0.25, 0.3) is 0 Å². The molecule has 154 valence electrons. The van der Waals surface area contributed by atoms with Gasteiger partial charge in [-0.05, 0) is 41.8 Å². The highest BCUT2D eigenvalue weighted by molar-refractivity contribution is 5.86. The van der Waals surface area contributed by atoms with Crippen LogP contribution in [0.5, 0.6) is 0 Å². The van der Waals surface area contributed by atoms with Crippen molar-refractivity contribution in [2.75, 3.05) is 23.4 Å². The number of pyridine rings is 1. The first-order chi connectivity index (χ1) is 14.2. The molecule has 0 bridgehead atoms. The lowest BCUT2D eigenvalue weighted by molar-refractivity contribution is 0.743. The first-order valence-electron chi connectivity index (χ1n) is 10.5. The molecule has 3 aromatic rings. The fourth-order valence-electron chi connectivity index (χ4n) is 3.15. The van der Waals surface area contributed by atoms with Gasteiger partial charge < -0.3 is 9.88 Å². The molecule has 1 aromatic heterocycles. The fraction of sp³-hybridized carbons (Fsp3) is 0.333. The van der Waals surface area contributed by atoms with Gasteiger partial charge in [-0.3, -0.25) is 10.2 Å². The highest BCUT2D eigenvalue weighted by atomic mass is 16.1. The summed E-state index contributed by atoms with van der Waals surface area (Å²) in [5.41, 5.74) is 5.45. The van der Waals surface area contributed by atoms with Crippen LogP contribution in [0.3, 0.4) is 0 Å². The number of H-pyrrole nitrogens is 1. The Bertz CT molecular complexity index is 972. The number of aromatic nitrogens is 1. The van der Waals surface area contributed by atoms with Gasteiger partial charge in [0.1, 0.15) is 0 Å². The molecule has 29 heavy (non-hydrogen) atoms. The Morgan fingerprint density at radius 3 is 2.34 bits per heavy atom. The number of hydrogen-bond donors (Lipinski definition) is 2. The predicted molar refractivity (Wildman–Crippen MR) is 126 cm³/mol. The summed E-state index contributed by atoms with van der Waals surface area (Å²) in [6.07, 6.45) is 3.73. The number of hydrazone groups is 1. The van der Waals surface area contributed by atoms with Crippen molar-refractivity contribution in [1.29, 1.82) is 0 Å². The van der Waals surface area contributed by atoms with Gasteiger partial charge in [0.2, 0.25) is 5.56 Å². The Labute approximate surface area is 173 Å². The standard InChI is InChI=1S/C22H26N4O.C2H6/c1-3-11-26(12-4-2)21-14-20(24-22(27)15-21)16-23-25-19-10-9-17-7-5-6-8-18(17)13-19;1-2/h5-10,13-16,25H,3-4,11-12H2,1-2H3,(H,24,27);1-2H3/b23-16+;. The third kappa shape index (κ3) is 6.49. The Morgan fingerprint density at radius 1 is 0.966 bits per heavy atom. The molecule has 0 fully saturated rings. The number of aromatic amines is 1. The Hall–Kier alpha value is -3.08. The van der Waals surface area contributed by atoms with Gasteiger partial charge in [-0.15, -0.1) is 0 Å². The first kappa shape index (κ1) is 22.2. The lowest BCUT2D eigenvalue weighted by atomic mass is 10.1. The van der Waals surface area contributed by atoms with Crippen LogP contribution in [0.2, 0.25) is 0 Å². The minimum atomic E-state index is -0.114. The summed E-state index contributed by atoms with van der Waals surface area (Å²) in [5.74, 6) is 0. The smallest absolute Gasteiger partial charge is 0.250 e. The third-order valence-electron chi connectivity index (χ3n) is 4.35. The van der Waals surface area contributed by atoms with E-state index in [-0.39, 0.29) is 5.56 Å². The number of hydrogen-bond acceptors (Lipinski definition) is 4. The van der Waals surface area contributed by atoms with Gasteiger partial charge in [0, 0.05) is 24.8 Å². The summed E-state index contributed by atoms with van der Waals surface area (Å²) >= 11 is 0. The van der Waals surface area contributed by atoms with E-state index < -0.39 is 0 Å². The molecule has 0 aliphatic carbocycles. The quantitative estimate of drug-likeness (QED) is 0.386. The molecule has 0 saturated heterocycles. The van der Waals surface area contributed by atoms with E-state index in [1.54, 1.807) is 12.3 Å². The summed E-state index contributed by atoms with van der Waals surface area (Å²) in [4.78, 5) is 17.1. The van der Waals surface area contributed by atoms with Crippen LogP contribution in [0.4, 0.5) is 11.4 Å². The van der Waals surface area contributed by atoms with E-state index in [2.05, 4.69) is 58.5 Å². The van der Waals surface area contributed by atoms with E-state index in [9.17, 15) is 4.79 Å². The third-order valence-corrected chi connectivity index (χ3v) is 4.35. The molecule has 0 spiro atoms. The Balaban J connectivity index is 0.00000145. The lowest BCUT2D eigenvalue weighted by Gasteiger charge is -2.23. The first-order valence-corrected chi connectivity index (χ1v) is 10.5. The second-order valence-electron chi connectivity index (χ2n) is 6.58. The van der Waals surface area contributed by atoms with Gasteiger partial charge in [-0.1, -0.05) is 58.0 Å². The minimum Gasteiger partial charge on any atom is -0.371 e. The van der Waals surface area contributed by atoms with Gasteiger partial charge in [0.15, 0.2) is 0 Å². The number of anilines is 2. The van der Waals surface area contributed by atoms with E-state index in [1.807, 2.05) is 38.1 Å². The van der Waals surface area contributed by atoms with E-state index in [4.69, 9.17) is 0 Å². The van der Waals surface area contributed by atoms with Crippen LogP contribution in [0.15, 0.2) is 64.5 Å².